The summed E-state index contributed by atoms with van der Waals surface area (Å²) in [4.78, 5) is 0. The molecule has 104 valence electrons. The van der Waals surface area contributed by atoms with Gasteiger partial charge in [0.25, 0.3) is 0 Å². The van der Waals surface area contributed by atoms with E-state index in [9.17, 15) is 4.39 Å². The van der Waals surface area contributed by atoms with Crippen LogP contribution in [0.1, 0.15) is 31.0 Å². The summed E-state index contributed by atoms with van der Waals surface area (Å²) in [5.41, 5.74) is 2.57. The fraction of sp³-hybridized carbons (Fsp3) is 0.294. The van der Waals surface area contributed by atoms with Crippen molar-refractivity contribution >= 4 is 5.69 Å². The molecular weight excluding hydrogens is 253 g/mol. The molecule has 0 bridgehead atoms. The molecule has 1 N–H and O–H groups in total. The summed E-state index contributed by atoms with van der Waals surface area (Å²) < 4.78 is 19.4. The zero-order chi connectivity index (χ0) is 14.3. The van der Waals surface area contributed by atoms with Crippen LogP contribution in [0, 0.1) is 12.7 Å². The van der Waals surface area contributed by atoms with Crippen molar-refractivity contribution in [3.8, 4) is 5.75 Å². The number of fused-ring (bicyclic) bond motifs is 1. The Balaban J connectivity index is 1.99. The van der Waals surface area contributed by atoms with Crippen molar-refractivity contribution in [3.05, 3.63) is 59.4 Å². The number of aryl methyl sites for hydroxylation is 1. The van der Waals surface area contributed by atoms with Crippen LogP contribution in [0.4, 0.5) is 10.1 Å². The van der Waals surface area contributed by atoms with Gasteiger partial charge >= 0.3 is 0 Å². The Morgan fingerprint density at radius 2 is 1.90 bits per heavy atom. The highest BCUT2D eigenvalue weighted by atomic mass is 19.1. The third kappa shape index (κ3) is 2.13. The van der Waals surface area contributed by atoms with Gasteiger partial charge in [-0.25, -0.2) is 4.39 Å². The highest BCUT2D eigenvalue weighted by Gasteiger charge is 2.41. The van der Waals surface area contributed by atoms with E-state index in [0.717, 1.165) is 22.6 Å². The number of hydrogen-bond acceptors (Lipinski definition) is 2. The average Bonchev–Trinajstić information content (AvgIpc) is 2.65. The second kappa shape index (κ2) is 4.51. The number of halogens is 1. The minimum Gasteiger partial charge on any atom is -0.485 e. The van der Waals surface area contributed by atoms with Crippen LogP contribution in [-0.2, 0) is 0 Å². The van der Waals surface area contributed by atoms with E-state index >= 15 is 0 Å². The summed E-state index contributed by atoms with van der Waals surface area (Å²) in [7, 11) is 0. The van der Waals surface area contributed by atoms with Crippen LogP contribution in [0.3, 0.4) is 0 Å². The van der Waals surface area contributed by atoms with Gasteiger partial charge in [0.2, 0.25) is 0 Å². The van der Waals surface area contributed by atoms with Crippen molar-refractivity contribution in [1.82, 2.24) is 0 Å². The molecule has 0 aliphatic carbocycles. The normalized spacial score (nSPS) is 19.3. The number of rotatable bonds is 2. The number of nitrogens with one attached hydrogen (secondary N) is 1. The Kier molecular flexibility index (Phi) is 2.93. The van der Waals surface area contributed by atoms with E-state index in [2.05, 4.69) is 11.4 Å². The summed E-state index contributed by atoms with van der Waals surface area (Å²) in [6, 6.07) is 12.8. The number of hydrogen-bond donors (Lipinski definition) is 1. The molecule has 0 spiro atoms. The zero-order valence-corrected chi connectivity index (χ0v) is 11.9. The van der Waals surface area contributed by atoms with Gasteiger partial charge in [-0.2, -0.15) is 0 Å². The molecule has 0 saturated carbocycles. The monoisotopic (exact) mass is 271 g/mol. The van der Waals surface area contributed by atoms with Gasteiger partial charge in [0, 0.05) is 11.3 Å². The third-order valence-corrected chi connectivity index (χ3v) is 3.80. The Morgan fingerprint density at radius 3 is 2.70 bits per heavy atom. The molecule has 1 heterocycles. The van der Waals surface area contributed by atoms with E-state index in [1.807, 2.05) is 39.0 Å². The molecule has 0 amide bonds. The molecule has 0 saturated heterocycles. The SMILES string of the molecule is Cc1ccc(F)cc1NC1c2ccccc2OC1(C)C. The number of anilines is 1. The molecule has 0 fully saturated rings. The maximum absolute atomic E-state index is 13.4. The number of para-hydroxylation sites is 1. The van der Waals surface area contributed by atoms with E-state index in [1.165, 1.54) is 12.1 Å². The smallest absolute Gasteiger partial charge is 0.128 e. The largest absolute Gasteiger partial charge is 0.485 e. The molecule has 1 atom stereocenters. The summed E-state index contributed by atoms with van der Waals surface area (Å²) in [6.07, 6.45) is 0. The second-order valence-corrected chi connectivity index (χ2v) is 5.78. The predicted molar refractivity (Wildman–Crippen MR) is 78.6 cm³/mol. The van der Waals surface area contributed by atoms with Crippen molar-refractivity contribution in [2.45, 2.75) is 32.4 Å². The van der Waals surface area contributed by atoms with Crippen LogP contribution >= 0.6 is 0 Å². The van der Waals surface area contributed by atoms with Gasteiger partial charge in [0.15, 0.2) is 0 Å². The van der Waals surface area contributed by atoms with Gasteiger partial charge in [-0.15, -0.1) is 0 Å². The quantitative estimate of drug-likeness (QED) is 0.870. The first-order valence-electron chi connectivity index (χ1n) is 6.78. The molecule has 3 heteroatoms. The summed E-state index contributed by atoms with van der Waals surface area (Å²) in [6.45, 7) is 6.05. The van der Waals surface area contributed by atoms with E-state index in [4.69, 9.17) is 4.74 Å². The molecule has 2 aromatic rings. The van der Waals surface area contributed by atoms with Crippen molar-refractivity contribution in [2.24, 2.45) is 0 Å². The molecule has 20 heavy (non-hydrogen) atoms. The van der Waals surface area contributed by atoms with Crippen LogP contribution in [-0.4, -0.2) is 5.60 Å². The Bertz CT molecular complexity index is 651. The Hall–Kier alpha value is -2.03. The first kappa shape index (κ1) is 13.0. The van der Waals surface area contributed by atoms with Gasteiger partial charge in [-0.1, -0.05) is 24.3 Å². The highest BCUT2D eigenvalue weighted by molar-refractivity contribution is 5.55. The van der Waals surface area contributed by atoms with Gasteiger partial charge in [0.05, 0.1) is 6.04 Å². The van der Waals surface area contributed by atoms with Crippen molar-refractivity contribution in [1.29, 1.82) is 0 Å². The van der Waals surface area contributed by atoms with Crippen LogP contribution in [0.15, 0.2) is 42.5 Å². The Labute approximate surface area is 118 Å². The summed E-state index contributed by atoms with van der Waals surface area (Å²) >= 11 is 0. The summed E-state index contributed by atoms with van der Waals surface area (Å²) in [5, 5.41) is 3.43. The standard InChI is InChI=1S/C17H18FNO/c1-11-8-9-12(18)10-14(11)19-16-13-6-4-5-7-15(13)20-17(16,2)3/h4-10,16,19H,1-3H3. The van der Waals surface area contributed by atoms with Gasteiger partial charge in [-0.3, -0.25) is 0 Å². The maximum atomic E-state index is 13.4. The first-order valence-corrected chi connectivity index (χ1v) is 6.78. The van der Waals surface area contributed by atoms with Crippen molar-refractivity contribution < 1.29 is 9.13 Å². The van der Waals surface area contributed by atoms with Crippen LogP contribution in [0.25, 0.3) is 0 Å². The fourth-order valence-electron chi connectivity index (χ4n) is 2.69. The average molecular weight is 271 g/mol. The van der Waals surface area contributed by atoms with E-state index < -0.39 is 0 Å². The van der Waals surface area contributed by atoms with Crippen LogP contribution in [0.5, 0.6) is 5.75 Å². The van der Waals surface area contributed by atoms with Gasteiger partial charge in [0.1, 0.15) is 17.2 Å². The van der Waals surface area contributed by atoms with E-state index in [-0.39, 0.29) is 17.5 Å². The lowest BCUT2D eigenvalue weighted by Gasteiger charge is -2.28. The highest BCUT2D eigenvalue weighted by Crippen LogP contribution is 2.44. The van der Waals surface area contributed by atoms with Crippen molar-refractivity contribution in [2.75, 3.05) is 5.32 Å². The third-order valence-electron chi connectivity index (χ3n) is 3.80. The lowest BCUT2D eigenvalue weighted by molar-refractivity contribution is 0.118. The lowest BCUT2D eigenvalue weighted by Crippen LogP contribution is -2.34. The molecule has 1 unspecified atom stereocenters. The molecule has 1 aliphatic rings. The minimum atomic E-state index is -0.373. The second-order valence-electron chi connectivity index (χ2n) is 5.78. The fourth-order valence-corrected chi connectivity index (χ4v) is 2.69. The molecule has 0 aromatic heterocycles. The van der Waals surface area contributed by atoms with Gasteiger partial charge < -0.3 is 10.1 Å². The molecule has 1 aliphatic heterocycles. The predicted octanol–water partition coefficient (Wildman–Crippen LogP) is 4.46. The molecule has 2 nitrogen and oxygen atoms in total. The lowest BCUT2D eigenvalue weighted by atomic mass is 9.94. The maximum Gasteiger partial charge on any atom is 0.128 e. The minimum absolute atomic E-state index is 0.000741. The summed E-state index contributed by atoms with van der Waals surface area (Å²) in [5.74, 6) is 0.659. The molecular formula is C17H18FNO. The van der Waals surface area contributed by atoms with Crippen LogP contribution in [0.2, 0.25) is 0 Å². The number of benzene rings is 2. The number of ether oxygens (including phenoxy) is 1. The van der Waals surface area contributed by atoms with Gasteiger partial charge in [-0.05, 0) is 44.5 Å². The van der Waals surface area contributed by atoms with E-state index in [1.54, 1.807) is 6.07 Å². The topological polar surface area (TPSA) is 21.3 Å². The molecule has 3 rings (SSSR count). The Morgan fingerprint density at radius 1 is 1.15 bits per heavy atom. The van der Waals surface area contributed by atoms with Crippen molar-refractivity contribution in [3.63, 3.8) is 0 Å². The van der Waals surface area contributed by atoms with E-state index in [0.29, 0.717) is 0 Å². The first-order chi connectivity index (χ1) is 9.47. The molecule has 2 aromatic carbocycles. The molecule has 0 radical (unpaired) electrons. The van der Waals surface area contributed by atoms with Crippen LogP contribution < -0.4 is 10.1 Å². The zero-order valence-electron chi connectivity index (χ0n) is 11.9.